The van der Waals surface area contributed by atoms with Crippen LogP contribution in [0.5, 0.6) is 0 Å². The number of carbonyl (C=O) groups is 1. The Morgan fingerprint density at radius 2 is 1.37 bits per heavy atom. The molecule has 0 unspecified atom stereocenters. The molecule has 0 heterocycles. The number of thiol groups is 1. The van der Waals surface area contributed by atoms with E-state index in [1.54, 1.807) is 24.3 Å². The van der Waals surface area contributed by atoms with Crippen molar-refractivity contribution in [3.8, 4) is 0 Å². The Bertz CT molecular complexity index is 580. The summed E-state index contributed by atoms with van der Waals surface area (Å²) in [6, 6.07) is 14.5. The molecule has 2 aromatic carbocycles. The predicted octanol–water partition coefficient (Wildman–Crippen LogP) is 4.74. The van der Waals surface area contributed by atoms with E-state index in [9.17, 15) is 4.79 Å². The Hall–Kier alpha value is -1.25. The predicted molar refractivity (Wildman–Crippen MR) is 83.3 cm³/mol. The van der Waals surface area contributed by atoms with E-state index in [2.05, 4.69) is 12.6 Å². The maximum absolute atomic E-state index is 12.3. The molecule has 0 fully saturated rings. The Labute approximate surface area is 124 Å². The minimum absolute atomic E-state index is 0.000173. The van der Waals surface area contributed by atoms with Gasteiger partial charge in [0.1, 0.15) is 0 Å². The van der Waals surface area contributed by atoms with Crippen molar-refractivity contribution in [1.29, 1.82) is 0 Å². The summed E-state index contributed by atoms with van der Waals surface area (Å²) < 4.78 is -0.206. The van der Waals surface area contributed by atoms with Gasteiger partial charge in [-0.1, -0.05) is 35.9 Å². The first-order chi connectivity index (χ1) is 8.88. The van der Waals surface area contributed by atoms with Gasteiger partial charge in [0.05, 0.1) is 0 Å². The second kappa shape index (κ2) is 5.40. The molecule has 0 aromatic heterocycles. The molecule has 0 aliphatic rings. The van der Waals surface area contributed by atoms with Crippen LogP contribution in [0.3, 0.4) is 0 Å². The molecule has 0 aliphatic carbocycles. The molecule has 2 aromatic rings. The monoisotopic (exact) mass is 290 g/mol. The molecule has 3 heteroatoms. The van der Waals surface area contributed by atoms with Crippen molar-refractivity contribution in [2.24, 2.45) is 0 Å². The molecule has 0 aliphatic heterocycles. The van der Waals surface area contributed by atoms with E-state index < -0.39 is 0 Å². The highest BCUT2D eigenvalue weighted by atomic mass is 35.5. The van der Waals surface area contributed by atoms with Crippen LogP contribution in [0, 0.1) is 0 Å². The van der Waals surface area contributed by atoms with Crippen molar-refractivity contribution in [1.82, 2.24) is 0 Å². The SMILES string of the molecule is CC(C)(S)c1ccc(C(=O)c2ccc(Cl)cc2)cc1. The summed E-state index contributed by atoms with van der Waals surface area (Å²) in [6.07, 6.45) is 0. The molecule has 98 valence electrons. The van der Waals surface area contributed by atoms with E-state index in [1.165, 1.54) is 0 Å². The average molecular weight is 291 g/mol. The number of hydrogen-bond donors (Lipinski definition) is 1. The Kier molecular flexibility index (Phi) is 4.02. The molecule has 2 rings (SSSR count). The van der Waals surface area contributed by atoms with Crippen LogP contribution >= 0.6 is 24.2 Å². The van der Waals surface area contributed by atoms with Crippen LogP contribution in [0.25, 0.3) is 0 Å². The van der Waals surface area contributed by atoms with Crippen molar-refractivity contribution < 1.29 is 4.79 Å². The van der Waals surface area contributed by atoms with Crippen LogP contribution in [0.2, 0.25) is 5.02 Å². The lowest BCUT2D eigenvalue weighted by atomic mass is 9.97. The molecule has 0 N–H and O–H groups in total. The van der Waals surface area contributed by atoms with Gasteiger partial charge in [0.2, 0.25) is 0 Å². The zero-order chi connectivity index (χ0) is 14.0. The summed E-state index contributed by atoms with van der Waals surface area (Å²) in [5.41, 5.74) is 2.40. The molecular formula is C16H15ClOS. The number of ketones is 1. The largest absolute Gasteiger partial charge is 0.289 e. The van der Waals surface area contributed by atoms with Crippen molar-refractivity contribution in [3.05, 3.63) is 70.2 Å². The highest BCUT2D eigenvalue weighted by molar-refractivity contribution is 7.81. The van der Waals surface area contributed by atoms with Gasteiger partial charge in [-0.25, -0.2) is 0 Å². The standard InChI is InChI=1S/C16H15ClOS/c1-16(2,19)13-7-3-11(4-8-13)15(18)12-5-9-14(17)10-6-12/h3-10,19H,1-2H3. The molecule has 0 bridgehead atoms. The summed E-state index contributed by atoms with van der Waals surface area (Å²) in [6.45, 7) is 4.04. The van der Waals surface area contributed by atoms with Crippen molar-refractivity contribution in [2.75, 3.05) is 0 Å². The highest BCUT2D eigenvalue weighted by Gasteiger charge is 2.15. The fourth-order valence-corrected chi connectivity index (χ4v) is 2.07. The number of halogens is 1. The Morgan fingerprint density at radius 3 is 1.79 bits per heavy atom. The molecule has 0 saturated carbocycles. The minimum Gasteiger partial charge on any atom is -0.289 e. The minimum atomic E-state index is -0.206. The van der Waals surface area contributed by atoms with Gasteiger partial charge in [0.25, 0.3) is 0 Å². The number of hydrogen-bond acceptors (Lipinski definition) is 2. The number of carbonyl (C=O) groups excluding carboxylic acids is 1. The highest BCUT2D eigenvalue weighted by Crippen LogP contribution is 2.27. The normalized spacial score (nSPS) is 11.4. The summed E-state index contributed by atoms with van der Waals surface area (Å²) in [4.78, 5) is 12.3. The Morgan fingerprint density at radius 1 is 0.947 bits per heavy atom. The summed E-state index contributed by atoms with van der Waals surface area (Å²) in [5.74, 6) is 0.000173. The van der Waals surface area contributed by atoms with Gasteiger partial charge in [-0.15, -0.1) is 0 Å². The van der Waals surface area contributed by atoms with Crippen LogP contribution < -0.4 is 0 Å². The number of benzene rings is 2. The fraction of sp³-hybridized carbons (Fsp3) is 0.188. The zero-order valence-electron chi connectivity index (χ0n) is 10.9. The average Bonchev–Trinajstić information content (AvgIpc) is 2.38. The second-order valence-corrected chi connectivity index (χ2v) is 6.53. The number of rotatable bonds is 3. The van der Waals surface area contributed by atoms with Crippen molar-refractivity contribution in [2.45, 2.75) is 18.6 Å². The maximum Gasteiger partial charge on any atom is 0.193 e. The first-order valence-corrected chi connectivity index (χ1v) is 6.83. The third kappa shape index (κ3) is 3.40. The Balaban J connectivity index is 2.27. The van der Waals surface area contributed by atoms with E-state index in [-0.39, 0.29) is 10.5 Å². The van der Waals surface area contributed by atoms with Gasteiger partial charge in [0.15, 0.2) is 5.78 Å². The van der Waals surface area contributed by atoms with Crippen LogP contribution in [0.1, 0.15) is 35.3 Å². The third-order valence-corrected chi connectivity index (χ3v) is 3.47. The fourth-order valence-electron chi connectivity index (χ4n) is 1.80. The summed E-state index contributed by atoms with van der Waals surface area (Å²) in [5, 5.41) is 0.628. The van der Waals surface area contributed by atoms with E-state index in [0.29, 0.717) is 16.1 Å². The lowest BCUT2D eigenvalue weighted by Crippen LogP contribution is -2.08. The quantitative estimate of drug-likeness (QED) is 0.638. The molecule has 0 amide bonds. The smallest absolute Gasteiger partial charge is 0.193 e. The van der Waals surface area contributed by atoms with Gasteiger partial charge in [-0.05, 0) is 43.7 Å². The van der Waals surface area contributed by atoms with Crippen LogP contribution in [-0.4, -0.2) is 5.78 Å². The van der Waals surface area contributed by atoms with E-state index in [1.807, 2.05) is 38.1 Å². The topological polar surface area (TPSA) is 17.1 Å². The molecule has 19 heavy (non-hydrogen) atoms. The van der Waals surface area contributed by atoms with E-state index in [4.69, 9.17) is 11.6 Å². The second-order valence-electron chi connectivity index (χ2n) is 4.97. The van der Waals surface area contributed by atoms with Crippen LogP contribution in [0.4, 0.5) is 0 Å². The van der Waals surface area contributed by atoms with Gasteiger partial charge in [-0.2, -0.15) is 12.6 Å². The first-order valence-electron chi connectivity index (χ1n) is 6.01. The van der Waals surface area contributed by atoms with Gasteiger partial charge >= 0.3 is 0 Å². The summed E-state index contributed by atoms with van der Waals surface area (Å²) >= 11 is 10.3. The molecule has 0 saturated heterocycles. The lowest BCUT2D eigenvalue weighted by molar-refractivity contribution is 0.103. The van der Waals surface area contributed by atoms with E-state index >= 15 is 0 Å². The van der Waals surface area contributed by atoms with Gasteiger partial charge < -0.3 is 0 Å². The summed E-state index contributed by atoms with van der Waals surface area (Å²) in [7, 11) is 0. The van der Waals surface area contributed by atoms with Crippen molar-refractivity contribution >= 4 is 30.0 Å². The molecule has 0 radical (unpaired) electrons. The van der Waals surface area contributed by atoms with Gasteiger partial charge in [0, 0.05) is 20.9 Å². The molecule has 0 spiro atoms. The lowest BCUT2D eigenvalue weighted by Gasteiger charge is -2.17. The van der Waals surface area contributed by atoms with Crippen LogP contribution in [0.15, 0.2) is 48.5 Å². The maximum atomic E-state index is 12.3. The van der Waals surface area contributed by atoms with Crippen molar-refractivity contribution in [3.63, 3.8) is 0 Å². The van der Waals surface area contributed by atoms with Gasteiger partial charge in [-0.3, -0.25) is 4.79 Å². The van der Waals surface area contributed by atoms with E-state index in [0.717, 1.165) is 5.56 Å². The zero-order valence-corrected chi connectivity index (χ0v) is 12.5. The first kappa shape index (κ1) is 14.2. The molecule has 1 nitrogen and oxygen atoms in total. The molecular weight excluding hydrogens is 276 g/mol. The third-order valence-electron chi connectivity index (χ3n) is 2.96. The molecule has 0 atom stereocenters. The van der Waals surface area contributed by atoms with Crippen LogP contribution in [-0.2, 0) is 4.75 Å².